The molecule has 0 spiro atoms. The first-order chi connectivity index (χ1) is 9.71. The second-order valence-corrected chi connectivity index (χ2v) is 7.08. The number of nitrogens with two attached hydrogens (primary N) is 1. The SMILES string of the molecule is CCCC(CCN)CCC(=O)NC1CCCCC1SC. The van der Waals surface area contributed by atoms with Crippen molar-refractivity contribution in [3.8, 4) is 0 Å². The molecule has 0 heterocycles. The van der Waals surface area contributed by atoms with E-state index in [4.69, 9.17) is 5.73 Å². The molecule has 0 aromatic carbocycles. The van der Waals surface area contributed by atoms with Crippen LogP contribution in [0.25, 0.3) is 0 Å². The number of hydrogen-bond donors (Lipinski definition) is 2. The lowest BCUT2D eigenvalue weighted by Gasteiger charge is -2.31. The fourth-order valence-corrected chi connectivity index (χ4v) is 4.17. The molecular formula is C16H32N2OS. The van der Waals surface area contributed by atoms with Crippen LogP contribution in [0.1, 0.15) is 64.7 Å². The first-order valence-corrected chi connectivity index (χ1v) is 9.52. The van der Waals surface area contributed by atoms with E-state index in [-0.39, 0.29) is 5.91 Å². The van der Waals surface area contributed by atoms with Gasteiger partial charge in [-0.2, -0.15) is 11.8 Å². The van der Waals surface area contributed by atoms with E-state index in [9.17, 15) is 4.79 Å². The molecule has 3 unspecified atom stereocenters. The molecule has 0 radical (unpaired) electrons. The quantitative estimate of drug-likeness (QED) is 0.687. The molecular weight excluding hydrogens is 268 g/mol. The lowest BCUT2D eigenvalue weighted by molar-refractivity contribution is -0.122. The van der Waals surface area contributed by atoms with Crippen molar-refractivity contribution in [1.29, 1.82) is 0 Å². The van der Waals surface area contributed by atoms with Crippen LogP contribution in [-0.2, 0) is 4.79 Å². The van der Waals surface area contributed by atoms with Crippen molar-refractivity contribution in [2.75, 3.05) is 12.8 Å². The molecule has 0 aromatic rings. The van der Waals surface area contributed by atoms with Crippen LogP contribution in [0.4, 0.5) is 0 Å². The fraction of sp³-hybridized carbons (Fsp3) is 0.938. The Morgan fingerprint density at radius 3 is 2.70 bits per heavy atom. The number of nitrogens with one attached hydrogen (secondary N) is 1. The molecule has 1 fully saturated rings. The van der Waals surface area contributed by atoms with Gasteiger partial charge in [0.2, 0.25) is 5.91 Å². The Bertz CT molecular complexity index is 267. The molecule has 20 heavy (non-hydrogen) atoms. The van der Waals surface area contributed by atoms with Crippen LogP contribution < -0.4 is 11.1 Å². The van der Waals surface area contributed by atoms with E-state index >= 15 is 0 Å². The zero-order valence-electron chi connectivity index (χ0n) is 13.2. The number of hydrogen-bond acceptors (Lipinski definition) is 3. The third kappa shape index (κ3) is 6.49. The van der Waals surface area contributed by atoms with Gasteiger partial charge in [0, 0.05) is 17.7 Å². The summed E-state index contributed by atoms with van der Waals surface area (Å²) >= 11 is 1.91. The molecule has 1 aliphatic carbocycles. The number of thioether (sulfide) groups is 1. The summed E-state index contributed by atoms with van der Waals surface area (Å²) in [6, 6.07) is 0.394. The predicted octanol–water partition coefficient (Wildman–Crippen LogP) is 3.32. The highest BCUT2D eigenvalue weighted by Gasteiger charge is 2.25. The molecule has 3 atom stereocenters. The lowest BCUT2D eigenvalue weighted by Crippen LogP contribution is -2.43. The van der Waals surface area contributed by atoms with E-state index in [1.54, 1.807) is 0 Å². The third-order valence-electron chi connectivity index (χ3n) is 4.40. The van der Waals surface area contributed by atoms with Gasteiger partial charge in [-0.05, 0) is 44.4 Å². The highest BCUT2D eigenvalue weighted by molar-refractivity contribution is 7.99. The van der Waals surface area contributed by atoms with E-state index in [1.165, 1.54) is 32.1 Å². The summed E-state index contributed by atoms with van der Waals surface area (Å²) in [7, 11) is 0. The zero-order valence-corrected chi connectivity index (χ0v) is 14.0. The molecule has 0 aliphatic heterocycles. The van der Waals surface area contributed by atoms with Gasteiger partial charge in [0.1, 0.15) is 0 Å². The van der Waals surface area contributed by atoms with Crippen molar-refractivity contribution in [2.24, 2.45) is 11.7 Å². The van der Waals surface area contributed by atoms with E-state index in [1.807, 2.05) is 11.8 Å². The van der Waals surface area contributed by atoms with Crippen molar-refractivity contribution >= 4 is 17.7 Å². The minimum atomic E-state index is 0.245. The van der Waals surface area contributed by atoms with Gasteiger partial charge in [-0.25, -0.2) is 0 Å². The van der Waals surface area contributed by atoms with Crippen LogP contribution in [0, 0.1) is 5.92 Å². The normalized spacial score (nSPS) is 24.4. The molecule has 3 nitrogen and oxygen atoms in total. The van der Waals surface area contributed by atoms with E-state index in [0.717, 1.165) is 25.8 Å². The molecule has 0 aromatic heterocycles. The molecule has 4 heteroatoms. The van der Waals surface area contributed by atoms with Gasteiger partial charge < -0.3 is 11.1 Å². The largest absolute Gasteiger partial charge is 0.352 e. The van der Waals surface area contributed by atoms with Gasteiger partial charge in [-0.15, -0.1) is 0 Å². The highest BCUT2D eigenvalue weighted by Crippen LogP contribution is 2.27. The summed E-state index contributed by atoms with van der Waals surface area (Å²) in [5.74, 6) is 0.868. The Morgan fingerprint density at radius 2 is 2.05 bits per heavy atom. The number of amides is 1. The Morgan fingerprint density at radius 1 is 1.30 bits per heavy atom. The Labute approximate surface area is 128 Å². The van der Waals surface area contributed by atoms with Crippen LogP contribution in [0.15, 0.2) is 0 Å². The maximum atomic E-state index is 12.1. The number of rotatable bonds is 9. The minimum absolute atomic E-state index is 0.245. The van der Waals surface area contributed by atoms with Crippen molar-refractivity contribution < 1.29 is 4.79 Å². The van der Waals surface area contributed by atoms with Gasteiger partial charge in [0.15, 0.2) is 0 Å². The van der Waals surface area contributed by atoms with Crippen LogP contribution >= 0.6 is 11.8 Å². The van der Waals surface area contributed by atoms with E-state index in [2.05, 4.69) is 18.5 Å². The summed E-state index contributed by atoms with van der Waals surface area (Å²) in [4.78, 5) is 12.1. The summed E-state index contributed by atoms with van der Waals surface area (Å²) in [5, 5.41) is 3.88. The molecule has 3 N–H and O–H groups in total. The Balaban J connectivity index is 2.30. The standard InChI is InChI=1S/C16H32N2OS/c1-3-6-13(11-12-17)9-10-16(19)18-14-7-4-5-8-15(14)20-2/h13-15H,3-12,17H2,1-2H3,(H,18,19). The van der Waals surface area contributed by atoms with Crippen molar-refractivity contribution in [1.82, 2.24) is 5.32 Å². The van der Waals surface area contributed by atoms with Gasteiger partial charge in [0.25, 0.3) is 0 Å². The topological polar surface area (TPSA) is 55.1 Å². The van der Waals surface area contributed by atoms with Gasteiger partial charge in [-0.3, -0.25) is 4.79 Å². The Hall–Kier alpha value is -0.220. The van der Waals surface area contributed by atoms with Crippen molar-refractivity contribution in [3.05, 3.63) is 0 Å². The predicted molar refractivity (Wildman–Crippen MR) is 89.0 cm³/mol. The maximum Gasteiger partial charge on any atom is 0.220 e. The highest BCUT2D eigenvalue weighted by atomic mass is 32.2. The van der Waals surface area contributed by atoms with Crippen LogP contribution in [0.2, 0.25) is 0 Å². The molecule has 1 aliphatic rings. The van der Waals surface area contributed by atoms with Crippen LogP contribution in [0.3, 0.4) is 0 Å². The van der Waals surface area contributed by atoms with Crippen LogP contribution in [-0.4, -0.2) is 30.0 Å². The second kappa shape index (κ2) is 10.5. The average molecular weight is 301 g/mol. The minimum Gasteiger partial charge on any atom is -0.352 e. The Kier molecular flexibility index (Phi) is 9.36. The van der Waals surface area contributed by atoms with Crippen molar-refractivity contribution in [2.45, 2.75) is 76.0 Å². The monoisotopic (exact) mass is 300 g/mol. The number of carbonyl (C=O) groups is 1. The lowest BCUT2D eigenvalue weighted by atomic mass is 9.93. The average Bonchev–Trinajstić information content (AvgIpc) is 2.46. The molecule has 1 amide bonds. The molecule has 0 saturated heterocycles. The van der Waals surface area contributed by atoms with E-state index in [0.29, 0.717) is 23.6 Å². The second-order valence-electron chi connectivity index (χ2n) is 6.00. The molecule has 118 valence electrons. The molecule has 0 bridgehead atoms. The van der Waals surface area contributed by atoms with Crippen LogP contribution in [0.5, 0.6) is 0 Å². The van der Waals surface area contributed by atoms with Gasteiger partial charge in [0.05, 0.1) is 0 Å². The summed E-state index contributed by atoms with van der Waals surface area (Å²) in [6.07, 6.45) is 12.2. The first-order valence-electron chi connectivity index (χ1n) is 8.23. The van der Waals surface area contributed by atoms with Crippen molar-refractivity contribution in [3.63, 3.8) is 0 Å². The molecule has 1 saturated carbocycles. The zero-order chi connectivity index (χ0) is 14.8. The summed E-state index contributed by atoms with van der Waals surface area (Å²) < 4.78 is 0. The van der Waals surface area contributed by atoms with Gasteiger partial charge in [-0.1, -0.05) is 32.6 Å². The summed E-state index contributed by atoms with van der Waals surface area (Å²) in [6.45, 7) is 2.94. The fourth-order valence-electron chi connectivity index (χ4n) is 3.24. The van der Waals surface area contributed by atoms with Gasteiger partial charge >= 0.3 is 0 Å². The molecule has 1 rings (SSSR count). The first kappa shape index (κ1) is 17.8. The summed E-state index contributed by atoms with van der Waals surface area (Å²) in [5.41, 5.74) is 5.65. The number of carbonyl (C=O) groups excluding carboxylic acids is 1. The maximum absolute atomic E-state index is 12.1. The smallest absolute Gasteiger partial charge is 0.220 e. The third-order valence-corrected chi connectivity index (χ3v) is 5.57. The van der Waals surface area contributed by atoms with E-state index < -0.39 is 0 Å².